The monoisotopic (exact) mass is 524 g/mol. The van der Waals surface area contributed by atoms with Gasteiger partial charge in [-0.05, 0) is 47.7 Å². The Bertz CT molecular complexity index is 1310. The zero-order chi connectivity index (χ0) is 24.8. The molecule has 0 saturated heterocycles. The Labute approximate surface area is 219 Å². The molecule has 5 nitrogen and oxygen atoms in total. The van der Waals surface area contributed by atoms with E-state index in [1.165, 1.54) is 17.3 Å². The van der Waals surface area contributed by atoms with Crippen LogP contribution in [0.3, 0.4) is 0 Å². The first-order valence-electron chi connectivity index (χ1n) is 11.4. The smallest absolute Gasteiger partial charge is 0.230 e. The van der Waals surface area contributed by atoms with Crippen molar-refractivity contribution in [2.45, 2.75) is 31.3 Å². The highest BCUT2D eigenvalue weighted by molar-refractivity contribution is 7.99. The largest absolute Gasteiger partial charge is 0.355 e. The zero-order valence-electron chi connectivity index (χ0n) is 19.5. The highest BCUT2D eigenvalue weighted by Gasteiger charge is 2.21. The average molecular weight is 526 g/mol. The highest BCUT2D eigenvalue weighted by Crippen LogP contribution is 2.35. The second kappa shape index (κ2) is 11.8. The van der Waals surface area contributed by atoms with E-state index in [1.807, 2.05) is 47.0 Å². The second-order valence-corrected chi connectivity index (χ2v) is 10.1. The third-order valence-electron chi connectivity index (χ3n) is 5.52. The summed E-state index contributed by atoms with van der Waals surface area (Å²) in [4.78, 5) is 12.6. The molecule has 1 heterocycles. The third kappa shape index (κ3) is 6.26. The number of benzene rings is 3. The van der Waals surface area contributed by atoms with Crippen LogP contribution in [0.15, 0.2) is 78.0 Å². The molecule has 0 aliphatic carbocycles. The SMILES string of the molecule is CC(C)c1ccccc1-n1c(SCC(=O)NCCc2ccccc2)nnc1-c1ccc(Cl)cc1Cl. The molecule has 35 heavy (non-hydrogen) atoms. The Hall–Kier alpha value is -2.80. The van der Waals surface area contributed by atoms with Crippen LogP contribution in [0.4, 0.5) is 0 Å². The standard InChI is InChI=1S/C27H26Cl2N4OS/c1-18(2)21-10-6-7-11-24(21)33-26(22-13-12-20(28)16-23(22)29)31-32-27(33)35-17-25(34)30-15-14-19-8-4-3-5-9-19/h3-13,16,18H,14-15,17H2,1-2H3,(H,30,34). The molecule has 0 radical (unpaired) electrons. The molecule has 0 aliphatic heterocycles. The van der Waals surface area contributed by atoms with E-state index in [9.17, 15) is 4.79 Å². The molecule has 0 saturated carbocycles. The Morgan fingerprint density at radius 3 is 2.49 bits per heavy atom. The third-order valence-corrected chi connectivity index (χ3v) is 6.99. The second-order valence-electron chi connectivity index (χ2n) is 8.35. The van der Waals surface area contributed by atoms with E-state index < -0.39 is 0 Å². The summed E-state index contributed by atoms with van der Waals surface area (Å²) in [5, 5.41) is 13.6. The van der Waals surface area contributed by atoms with Gasteiger partial charge in [0.05, 0.1) is 16.5 Å². The fraction of sp³-hybridized carbons (Fsp3) is 0.222. The van der Waals surface area contributed by atoms with Gasteiger partial charge in [0, 0.05) is 17.1 Å². The number of aromatic nitrogens is 3. The van der Waals surface area contributed by atoms with Crippen LogP contribution in [-0.2, 0) is 11.2 Å². The van der Waals surface area contributed by atoms with E-state index in [4.69, 9.17) is 23.2 Å². The first-order chi connectivity index (χ1) is 16.9. The first-order valence-corrected chi connectivity index (χ1v) is 13.1. The lowest BCUT2D eigenvalue weighted by molar-refractivity contribution is -0.118. The number of para-hydroxylation sites is 1. The average Bonchev–Trinajstić information content (AvgIpc) is 3.27. The Balaban J connectivity index is 1.59. The van der Waals surface area contributed by atoms with Crippen molar-refractivity contribution < 1.29 is 4.79 Å². The number of nitrogens with one attached hydrogen (secondary N) is 1. The molecule has 180 valence electrons. The highest BCUT2D eigenvalue weighted by atomic mass is 35.5. The fourth-order valence-corrected chi connectivity index (χ4v) is 5.05. The van der Waals surface area contributed by atoms with Crippen molar-refractivity contribution >= 4 is 40.9 Å². The van der Waals surface area contributed by atoms with Gasteiger partial charge in [-0.1, -0.05) is 97.3 Å². The normalized spacial score (nSPS) is 11.1. The molecule has 1 aromatic heterocycles. The van der Waals surface area contributed by atoms with E-state index in [1.54, 1.807) is 12.1 Å². The summed E-state index contributed by atoms with van der Waals surface area (Å²) in [5.74, 6) is 1.06. The minimum atomic E-state index is -0.0521. The van der Waals surface area contributed by atoms with Crippen LogP contribution in [0.2, 0.25) is 10.0 Å². The molecular formula is C27H26Cl2N4OS. The van der Waals surface area contributed by atoms with Crippen LogP contribution in [0, 0.1) is 0 Å². The molecule has 8 heteroatoms. The Morgan fingerprint density at radius 2 is 1.74 bits per heavy atom. The van der Waals surface area contributed by atoms with E-state index in [0.29, 0.717) is 27.6 Å². The van der Waals surface area contributed by atoms with Crippen LogP contribution in [-0.4, -0.2) is 33.0 Å². The van der Waals surface area contributed by atoms with Gasteiger partial charge in [0.2, 0.25) is 5.91 Å². The molecule has 4 aromatic rings. The minimum Gasteiger partial charge on any atom is -0.355 e. The number of hydrogen-bond acceptors (Lipinski definition) is 4. The van der Waals surface area contributed by atoms with E-state index in [2.05, 4.69) is 47.6 Å². The van der Waals surface area contributed by atoms with E-state index in [-0.39, 0.29) is 17.6 Å². The van der Waals surface area contributed by atoms with Crippen LogP contribution < -0.4 is 5.32 Å². The molecule has 0 bridgehead atoms. The van der Waals surface area contributed by atoms with Gasteiger partial charge < -0.3 is 5.32 Å². The topological polar surface area (TPSA) is 59.8 Å². The van der Waals surface area contributed by atoms with Crippen LogP contribution in [0.25, 0.3) is 17.1 Å². The van der Waals surface area contributed by atoms with Crippen LogP contribution in [0.1, 0.15) is 30.9 Å². The number of amides is 1. The lowest BCUT2D eigenvalue weighted by Crippen LogP contribution is -2.27. The van der Waals surface area contributed by atoms with Crippen molar-refractivity contribution in [2.75, 3.05) is 12.3 Å². The molecular weight excluding hydrogens is 499 g/mol. The Kier molecular flexibility index (Phi) is 8.50. The quantitative estimate of drug-likeness (QED) is 0.244. The lowest BCUT2D eigenvalue weighted by Gasteiger charge is -2.17. The lowest BCUT2D eigenvalue weighted by atomic mass is 10.0. The van der Waals surface area contributed by atoms with Gasteiger partial charge >= 0.3 is 0 Å². The minimum absolute atomic E-state index is 0.0521. The number of hydrogen-bond donors (Lipinski definition) is 1. The molecule has 0 unspecified atom stereocenters. The summed E-state index contributed by atoms with van der Waals surface area (Å²) in [5.41, 5.74) is 4.02. The predicted octanol–water partition coefficient (Wildman–Crippen LogP) is 6.82. The number of nitrogens with zero attached hydrogens (tertiary/aromatic N) is 3. The number of thioether (sulfide) groups is 1. The summed E-state index contributed by atoms with van der Waals surface area (Å²) in [7, 11) is 0. The van der Waals surface area contributed by atoms with Crippen molar-refractivity contribution in [1.82, 2.24) is 20.1 Å². The van der Waals surface area contributed by atoms with Crippen molar-refractivity contribution in [2.24, 2.45) is 0 Å². The van der Waals surface area contributed by atoms with Crippen LogP contribution >= 0.6 is 35.0 Å². The summed E-state index contributed by atoms with van der Waals surface area (Å²) in [6.45, 7) is 4.87. The maximum Gasteiger partial charge on any atom is 0.230 e. The van der Waals surface area contributed by atoms with Gasteiger partial charge in [-0.25, -0.2) is 0 Å². The maximum absolute atomic E-state index is 12.6. The summed E-state index contributed by atoms with van der Waals surface area (Å²) in [6.07, 6.45) is 0.786. The van der Waals surface area contributed by atoms with Gasteiger partial charge in [-0.3, -0.25) is 9.36 Å². The molecule has 1 N–H and O–H groups in total. The predicted molar refractivity (Wildman–Crippen MR) is 145 cm³/mol. The van der Waals surface area contributed by atoms with Gasteiger partial charge in [0.25, 0.3) is 0 Å². The number of rotatable bonds is 9. The maximum atomic E-state index is 12.6. The van der Waals surface area contributed by atoms with Crippen molar-refractivity contribution in [3.05, 3.63) is 94.0 Å². The van der Waals surface area contributed by atoms with Crippen molar-refractivity contribution in [1.29, 1.82) is 0 Å². The molecule has 3 aromatic carbocycles. The molecule has 0 fully saturated rings. The summed E-state index contributed by atoms with van der Waals surface area (Å²) >= 11 is 14.0. The van der Waals surface area contributed by atoms with Gasteiger partial charge in [0.15, 0.2) is 11.0 Å². The van der Waals surface area contributed by atoms with E-state index >= 15 is 0 Å². The van der Waals surface area contributed by atoms with E-state index in [0.717, 1.165) is 23.2 Å². The van der Waals surface area contributed by atoms with Gasteiger partial charge in [-0.15, -0.1) is 10.2 Å². The Morgan fingerprint density at radius 1 is 1.00 bits per heavy atom. The van der Waals surface area contributed by atoms with Crippen LogP contribution in [0.5, 0.6) is 0 Å². The number of carbonyl (C=O) groups excluding carboxylic acids is 1. The molecule has 0 spiro atoms. The molecule has 1 amide bonds. The molecule has 0 aliphatic rings. The van der Waals surface area contributed by atoms with Crippen molar-refractivity contribution in [3.63, 3.8) is 0 Å². The zero-order valence-corrected chi connectivity index (χ0v) is 21.9. The fourth-order valence-electron chi connectivity index (χ4n) is 3.78. The summed E-state index contributed by atoms with van der Waals surface area (Å²) in [6, 6.07) is 23.5. The number of carbonyl (C=O) groups is 1. The number of halogens is 2. The molecule has 4 rings (SSSR count). The van der Waals surface area contributed by atoms with Crippen molar-refractivity contribution in [3.8, 4) is 17.1 Å². The first kappa shape index (κ1) is 25.3. The van der Waals surface area contributed by atoms with Gasteiger partial charge in [-0.2, -0.15) is 0 Å². The molecule has 0 atom stereocenters. The van der Waals surface area contributed by atoms with Gasteiger partial charge in [0.1, 0.15) is 0 Å². The summed E-state index contributed by atoms with van der Waals surface area (Å²) < 4.78 is 1.98.